The summed E-state index contributed by atoms with van der Waals surface area (Å²) in [6.07, 6.45) is 3.54. The summed E-state index contributed by atoms with van der Waals surface area (Å²) < 4.78 is 5.05. The number of Topliss-reactive ketones (excluding diaryl/α,β-unsaturated/α-hetero) is 3. The summed E-state index contributed by atoms with van der Waals surface area (Å²) in [5, 5.41) is 9.46. The molecule has 2 rings (SSSR count). The Hall–Kier alpha value is -1.56. The molecule has 6 nitrogen and oxygen atoms in total. The van der Waals surface area contributed by atoms with Crippen molar-refractivity contribution < 1.29 is 29.0 Å². The summed E-state index contributed by atoms with van der Waals surface area (Å²) in [6.45, 7) is 7.39. The van der Waals surface area contributed by atoms with Gasteiger partial charge in [-0.2, -0.15) is 0 Å². The van der Waals surface area contributed by atoms with Crippen LogP contribution >= 0.6 is 0 Å². The number of carbonyl (C=O) groups is 4. The van der Waals surface area contributed by atoms with E-state index in [0.29, 0.717) is 12.8 Å². The Labute approximate surface area is 173 Å². The molecule has 2 aliphatic rings. The zero-order valence-corrected chi connectivity index (χ0v) is 18.4. The first kappa shape index (κ1) is 23.7. The van der Waals surface area contributed by atoms with E-state index in [0.717, 1.165) is 19.3 Å². The van der Waals surface area contributed by atoms with Crippen LogP contribution in [-0.2, 0) is 23.9 Å². The van der Waals surface area contributed by atoms with Crippen LogP contribution in [0.1, 0.15) is 66.2 Å². The van der Waals surface area contributed by atoms with Crippen LogP contribution in [0.15, 0.2) is 0 Å². The number of ketones is 3. The van der Waals surface area contributed by atoms with Crippen LogP contribution in [0.5, 0.6) is 0 Å². The van der Waals surface area contributed by atoms with Crippen molar-refractivity contribution in [3.63, 3.8) is 0 Å². The van der Waals surface area contributed by atoms with Crippen molar-refractivity contribution in [3.8, 4) is 0 Å². The van der Waals surface area contributed by atoms with E-state index < -0.39 is 46.6 Å². The number of carbonyl (C=O) groups excluding carboxylic acids is 4. The number of methoxy groups -OCH3 is 1. The number of hydrogen-bond donors (Lipinski definition) is 1. The van der Waals surface area contributed by atoms with Gasteiger partial charge in [0.1, 0.15) is 5.78 Å². The Bertz CT molecular complexity index is 656. The van der Waals surface area contributed by atoms with Crippen molar-refractivity contribution in [1.29, 1.82) is 0 Å². The molecule has 2 aliphatic carbocycles. The van der Waals surface area contributed by atoms with Gasteiger partial charge in [0.15, 0.2) is 0 Å². The van der Waals surface area contributed by atoms with Gasteiger partial charge in [0.2, 0.25) is 11.6 Å². The Morgan fingerprint density at radius 3 is 2.45 bits per heavy atom. The zero-order chi connectivity index (χ0) is 21.9. The SMILES string of the molecule is CCCCC(C)C1C(=O)C(=O)C2CC(C)CC(C(=O)OC)C2C1(C)C(=O)CCO. The van der Waals surface area contributed by atoms with Crippen molar-refractivity contribution in [3.05, 3.63) is 0 Å². The average Bonchev–Trinajstić information content (AvgIpc) is 2.69. The van der Waals surface area contributed by atoms with E-state index in [1.807, 2.05) is 13.8 Å². The maximum atomic E-state index is 13.4. The van der Waals surface area contributed by atoms with E-state index in [1.54, 1.807) is 6.92 Å². The maximum absolute atomic E-state index is 13.4. The molecule has 2 saturated carbocycles. The quantitative estimate of drug-likeness (QED) is 0.490. The van der Waals surface area contributed by atoms with Crippen LogP contribution < -0.4 is 0 Å². The van der Waals surface area contributed by atoms with Gasteiger partial charge in [-0.3, -0.25) is 19.2 Å². The second-order valence-corrected chi connectivity index (χ2v) is 9.34. The number of aliphatic hydroxyl groups is 1. The highest BCUT2D eigenvalue weighted by Crippen LogP contribution is 2.57. The molecule has 0 bridgehead atoms. The Balaban J connectivity index is 2.63. The van der Waals surface area contributed by atoms with Crippen LogP contribution in [0.25, 0.3) is 0 Å². The number of ether oxygens (including phenoxy) is 1. The van der Waals surface area contributed by atoms with Crippen LogP contribution in [0.4, 0.5) is 0 Å². The highest BCUT2D eigenvalue weighted by molar-refractivity contribution is 6.40. The molecule has 0 aliphatic heterocycles. The lowest BCUT2D eigenvalue weighted by Crippen LogP contribution is -2.63. The number of hydrogen-bond acceptors (Lipinski definition) is 6. The molecular weight excluding hydrogens is 372 g/mol. The van der Waals surface area contributed by atoms with Gasteiger partial charge in [0.05, 0.1) is 13.0 Å². The zero-order valence-electron chi connectivity index (χ0n) is 18.4. The Kier molecular flexibility index (Phi) is 7.77. The van der Waals surface area contributed by atoms with Crippen molar-refractivity contribution in [2.45, 2.75) is 66.2 Å². The predicted octanol–water partition coefficient (Wildman–Crippen LogP) is 2.99. The second-order valence-electron chi connectivity index (χ2n) is 9.34. The summed E-state index contributed by atoms with van der Waals surface area (Å²) in [5.74, 6) is -4.19. The lowest BCUT2D eigenvalue weighted by Gasteiger charge is -2.54. The number of aliphatic hydroxyl groups excluding tert-OH is 1. The van der Waals surface area contributed by atoms with Gasteiger partial charge in [0.25, 0.3) is 0 Å². The number of unbranched alkanes of at least 4 members (excludes halogenated alkanes) is 1. The van der Waals surface area contributed by atoms with Crippen LogP contribution in [-0.4, -0.2) is 42.1 Å². The first-order valence-electron chi connectivity index (χ1n) is 10.9. The van der Waals surface area contributed by atoms with Crippen LogP contribution in [0.3, 0.4) is 0 Å². The van der Waals surface area contributed by atoms with E-state index in [1.165, 1.54) is 7.11 Å². The van der Waals surface area contributed by atoms with Gasteiger partial charge >= 0.3 is 5.97 Å². The molecule has 0 saturated heterocycles. The fraction of sp³-hybridized carbons (Fsp3) is 0.826. The third-order valence-electron chi connectivity index (χ3n) is 7.41. The molecule has 0 heterocycles. The maximum Gasteiger partial charge on any atom is 0.309 e. The Morgan fingerprint density at radius 2 is 1.90 bits per heavy atom. The largest absolute Gasteiger partial charge is 0.469 e. The van der Waals surface area contributed by atoms with Gasteiger partial charge in [0, 0.05) is 30.3 Å². The molecule has 0 aromatic heterocycles. The lowest BCUT2D eigenvalue weighted by molar-refractivity contribution is -0.176. The van der Waals surface area contributed by atoms with E-state index >= 15 is 0 Å². The second kappa shape index (κ2) is 9.50. The molecular formula is C23H36O6. The molecule has 0 amide bonds. The van der Waals surface area contributed by atoms with E-state index in [-0.39, 0.29) is 30.6 Å². The molecule has 7 atom stereocenters. The standard InChI is InChI=1S/C23H36O6/c1-6-7-8-14(3)18-21(27)20(26)15-11-13(2)12-16(22(28)29-5)19(15)23(18,4)17(25)9-10-24/h13-16,18-19,24H,6-12H2,1-5H3. The third kappa shape index (κ3) is 4.18. The number of rotatable bonds is 8. The van der Waals surface area contributed by atoms with E-state index in [9.17, 15) is 24.3 Å². The molecule has 164 valence electrons. The number of fused-ring (bicyclic) bond motifs is 1. The molecule has 0 aromatic carbocycles. The number of esters is 1. The minimum Gasteiger partial charge on any atom is -0.469 e. The third-order valence-corrected chi connectivity index (χ3v) is 7.41. The van der Waals surface area contributed by atoms with E-state index in [2.05, 4.69) is 6.92 Å². The summed E-state index contributed by atoms with van der Waals surface area (Å²) in [5.41, 5.74) is -1.16. The van der Waals surface area contributed by atoms with Crippen molar-refractivity contribution in [2.75, 3.05) is 13.7 Å². The first-order chi connectivity index (χ1) is 13.6. The van der Waals surface area contributed by atoms with Gasteiger partial charge in [-0.05, 0) is 37.0 Å². The van der Waals surface area contributed by atoms with Gasteiger partial charge in [-0.15, -0.1) is 0 Å². The van der Waals surface area contributed by atoms with Crippen molar-refractivity contribution in [2.24, 2.45) is 40.9 Å². The predicted molar refractivity (Wildman–Crippen MR) is 108 cm³/mol. The van der Waals surface area contributed by atoms with Crippen LogP contribution in [0, 0.1) is 40.9 Å². The van der Waals surface area contributed by atoms with Crippen LogP contribution in [0.2, 0.25) is 0 Å². The molecule has 2 fully saturated rings. The highest BCUT2D eigenvalue weighted by atomic mass is 16.5. The molecule has 1 N–H and O–H groups in total. The first-order valence-corrected chi connectivity index (χ1v) is 10.9. The molecule has 0 spiro atoms. The summed E-state index contributed by atoms with van der Waals surface area (Å²) in [6, 6.07) is 0. The van der Waals surface area contributed by atoms with Crippen molar-refractivity contribution in [1.82, 2.24) is 0 Å². The lowest BCUT2D eigenvalue weighted by atomic mass is 9.45. The topological polar surface area (TPSA) is 97.7 Å². The Morgan fingerprint density at radius 1 is 1.24 bits per heavy atom. The molecule has 6 heteroatoms. The smallest absolute Gasteiger partial charge is 0.309 e. The molecule has 29 heavy (non-hydrogen) atoms. The monoisotopic (exact) mass is 408 g/mol. The minimum absolute atomic E-state index is 0.0817. The average molecular weight is 409 g/mol. The summed E-state index contributed by atoms with van der Waals surface area (Å²) in [7, 11) is 1.32. The van der Waals surface area contributed by atoms with Gasteiger partial charge in [-0.25, -0.2) is 0 Å². The van der Waals surface area contributed by atoms with Gasteiger partial charge < -0.3 is 9.84 Å². The fourth-order valence-electron chi connectivity index (χ4n) is 6.13. The molecule has 0 aromatic rings. The summed E-state index contributed by atoms with van der Waals surface area (Å²) >= 11 is 0. The van der Waals surface area contributed by atoms with Gasteiger partial charge in [-0.1, -0.05) is 40.5 Å². The van der Waals surface area contributed by atoms with E-state index in [4.69, 9.17) is 4.74 Å². The molecule has 7 unspecified atom stereocenters. The highest BCUT2D eigenvalue weighted by Gasteiger charge is 2.64. The molecule has 0 radical (unpaired) electrons. The summed E-state index contributed by atoms with van der Waals surface area (Å²) in [4.78, 5) is 52.5. The van der Waals surface area contributed by atoms with Crippen molar-refractivity contribution >= 4 is 23.3 Å². The normalized spacial score (nSPS) is 35.7. The fourth-order valence-corrected chi connectivity index (χ4v) is 6.13. The minimum atomic E-state index is -1.16.